The number of anilines is 1. The molecule has 0 bridgehead atoms. The fraction of sp³-hybridized carbons (Fsp3) is 0.417. The van der Waals surface area contributed by atoms with Crippen molar-refractivity contribution in [1.29, 1.82) is 0 Å². The van der Waals surface area contributed by atoms with Crippen LogP contribution in [0.2, 0.25) is 0 Å². The van der Waals surface area contributed by atoms with Crippen molar-refractivity contribution in [1.82, 2.24) is 0 Å². The molecule has 7 heteroatoms. The molecule has 2 unspecified atom stereocenters. The minimum Gasteiger partial charge on any atom is -0.497 e. The van der Waals surface area contributed by atoms with Crippen molar-refractivity contribution in [2.24, 2.45) is 0 Å². The Hall–Kier alpha value is -1.76. The highest BCUT2D eigenvalue weighted by atomic mass is 32.2. The average Bonchev–Trinajstić information content (AvgIpc) is 2.33. The Morgan fingerprint density at radius 2 is 2.16 bits per heavy atom. The summed E-state index contributed by atoms with van der Waals surface area (Å²) in [7, 11) is -2.16. The Labute approximate surface area is 111 Å². The number of hydrogen-bond donors (Lipinski definition) is 2. The van der Waals surface area contributed by atoms with Crippen LogP contribution in [-0.4, -0.2) is 37.9 Å². The van der Waals surface area contributed by atoms with Gasteiger partial charge in [0.05, 0.1) is 29.4 Å². The molecule has 1 aliphatic rings. The van der Waals surface area contributed by atoms with E-state index in [0.29, 0.717) is 11.4 Å². The molecule has 19 heavy (non-hydrogen) atoms. The van der Waals surface area contributed by atoms with Crippen LogP contribution in [0.5, 0.6) is 5.75 Å². The number of rotatable bonds is 3. The first-order chi connectivity index (χ1) is 8.86. The number of aliphatic carboxylic acids is 1. The lowest BCUT2D eigenvalue weighted by Gasteiger charge is -2.31. The quantitative estimate of drug-likeness (QED) is 0.864. The lowest BCUT2D eigenvalue weighted by molar-refractivity contribution is -0.137. The Bertz CT molecular complexity index is 611. The van der Waals surface area contributed by atoms with E-state index in [4.69, 9.17) is 9.84 Å². The second-order valence-electron chi connectivity index (χ2n) is 4.48. The van der Waals surface area contributed by atoms with Crippen LogP contribution in [0.4, 0.5) is 5.69 Å². The third kappa shape index (κ3) is 2.37. The highest BCUT2D eigenvalue weighted by Gasteiger charge is 2.39. The predicted octanol–water partition coefficient (Wildman–Crippen LogP) is 1.13. The Morgan fingerprint density at radius 3 is 2.74 bits per heavy atom. The van der Waals surface area contributed by atoms with E-state index in [9.17, 15) is 13.2 Å². The van der Waals surface area contributed by atoms with Gasteiger partial charge in [-0.3, -0.25) is 4.79 Å². The number of carbonyl (C=O) groups is 1. The second-order valence-corrected chi connectivity index (χ2v) is 6.61. The summed E-state index contributed by atoms with van der Waals surface area (Å²) >= 11 is 0. The summed E-state index contributed by atoms with van der Waals surface area (Å²) in [5.74, 6) is -0.579. The van der Waals surface area contributed by atoms with Crippen molar-refractivity contribution in [2.45, 2.75) is 29.5 Å². The van der Waals surface area contributed by atoms with Crippen molar-refractivity contribution >= 4 is 21.5 Å². The van der Waals surface area contributed by atoms with Gasteiger partial charge in [-0.15, -0.1) is 0 Å². The number of sulfone groups is 1. The van der Waals surface area contributed by atoms with Gasteiger partial charge in [0.1, 0.15) is 5.75 Å². The summed E-state index contributed by atoms with van der Waals surface area (Å²) < 4.78 is 29.9. The third-order valence-corrected chi connectivity index (χ3v) is 5.55. The number of carboxylic acid groups (broad SMARTS) is 1. The van der Waals surface area contributed by atoms with Crippen molar-refractivity contribution < 1.29 is 23.1 Å². The minimum absolute atomic E-state index is 0.123. The zero-order chi connectivity index (χ0) is 14.2. The lowest BCUT2D eigenvalue weighted by atomic mass is 10.1. The molecule has 1 aliphatic heterocycles. The molecule has 1 aromatic rings. The molecule has 0 saturated carbocycles. The molecule has 2 N–H and O–H groups in total. The molecule has 0 saturated heterocycles. The van der Waals surface area contributed by atoms with Gasteiger partial charge in [0.15, 0.2) is 9.84 Å². The highest BCUT2D eigenvalue weighted by Crippen LogP contribution is 2.36. The zero-order valence-corrected chi connectivity index (χ0v) is 11.4. The van der Waals surface area contributed by atoms with Crippen LogP contribution in [0.15, 0.2) is 23.1 Å². The lowest BCUT2D eigenvalue weighted by Crippen LogP contribution is -2.43. The molecule has 0 aromatic heterocycles. The molecule has 0 spiro atoms. The zero-order valence-electron chi connectivity index (χ0n) is 10.6. The van der Waals surface area contributed by atoms with E-state index < -0.39 is 33.5 Å². The molecule has 0 aliphatic carbocycles. The predicted molar refractivity (Wildman–Crippen MR) is 69.3 cm³/mol. The van der Waals surface area contributed by atoms with Crippen LogP contribution in [0.3, 0.4) is 0 Å². The first kappa shape index (κ1) is 13.7. The van der Waals surface area contributed by atoms with Crippen LogP contribution in [0.25, 0.3) is 0 Å². The molecular weight excluding hydrogens is 270 g/mol. The van der Waals surface area contributed by atoms with Crippen molar-refractivity contribution in [3.8, 4) is 5.75 Å². The normalized spacial score (nSPS) is 24.1. The monoisotopic (exact) mass is 285 g/mol. The van der Waals surface area contributed by atoms with E-state index in [0.717, 1.165) is 0 Å². The maximum atomic E-state index is 12.4. The van der Waals surface area contributed by atoms with Gasteiger partial charge in [-0.25, -0.2) is 8.42 Å². The van der Waals surface area contributed by atoms with E-state index >= 15 is 0 Å². The van der Waals surface area contributed by atoms with Gasteiger partial charge in [0.2, 0.25) is 0 Å². The SMILES string of the molecule is COc1ccc2c(c1)NC(C)C(CC(=O)O)S2(=O)=O. The summed E-state index contributed by atoms with van der Waals surface area (Å²) in [6.07, 6.45) is -0.415. The molecular formula is C12H15NO5S. The van der Waals surface area contributed by atoms with Crippen LogP contribution >= 0.6 is 0 Å². The Morgan fingerprint density at radius 1 is 1.47 bits per heavy atom. The summed E-state index contributed by atoms with van der Waals surface area (Å²) in [5.41, 5.74) is 0.452. The molecule has 0 fully saturated rings. The topological polar surface area (TPSA) is 92.7 Å². The number of methoxy groups -OCH3 is 1. The number of benzene rings is 1. The molecule has 2 atom stereocenters. The molecule has 0 amide bonds. The molecule has 0 radical (unpaired) electrons. The van der Waals surface area contributed by atoms with Gasteiger partial charge in [0.25, 0.3) is 0 Å². The maximum Gasteiger partial charge on any atom is 0.304 e. The average molecular weight is 285 g/mol. The molecule has 1 aromatic carbocycles. The largest absolute Gasteiger partial charge is 0.497 e. The molecule has 104 valence electrons. The maximum absolute atomic E-state index is 12.4. The Kier molecular flexibility index (Phi) is 3.40. The van der Waals surface area contributed by atoms with E-state index in [-0.39, 0.29) is 4.90 Å². The van der Waals surface area contributed by atoms with E-state index in [1.165, 1.54) is 13.2 Å². The van der Waals surface area contributed by atoms with Gasteiger partial charge in [-0.2, -0.15) is 0 Å². The fourth-order valence-electron chi connectivity index (χ4n) is 2.23. The van der Waals surface area contributed by atoms with Crippen molar-refractivity contribution in [3.05, 3.63) is 18.2 Å². The number of hydrogen-bond acceptors (Lipinski definition) is 5. The summed E-state index contributed by atoms with van der Waals surface area (Å²) in [6, 6.07) is 4.12. The third-order valence-electron chi connectivity index (χ3n) is 3.21. The van der Waals surface area contributed by atoms with Gasteiger partial charge >= 0.3 is 5.97 Å². The molecule has 1 heterocycles. The van der Waals surface area contributed by atoms with E-state index in [1.807, 2.05) is 0 Å². The van der Waals surface area contributed by atoms with Crippen LogP contribution < -0.4 is 10.1 Å². The smallest absolute Gasteiger partial charge is 0.304 e. The van der Waals surface area contributed by atoms with Gasteiger partial charge in [-0.1, -0.05) is 0 Å². The number of nitrogens with one attached hydrogen (secondary N) is 1. The van der Waals surface area contributed by atoms with E-state index in [2.05, 4.69) is 5.32 Å². The van der Waals surface area contributed by atoms with Gasteiger partial charge in [-0.05, 0) is 19.1 Å². The minimum atomic E-state index is -3.65. The highest BCUT2D eigenvalue weighted by molar-refractivity contribution is 7.92. The van der Waals surface area contributed by atoms with Gasteiger partial charge < -0.3 is 15.2 Å². The second kappa shape index (κ2) is 4.73. The first-order valence-electron chi connectivity index (χ1n) is 5.76. The molecule has 2 rings (SSSR count). The number of fused-ring (bicyclic) bond motifs is 1. The van der Waals surface area contributed by atoms with E-state index in [1.54, 1.807) is 19.1 Å². The van der Waals surface area contributed by atoms with Crippen molar-refractivity contribution in [2.75, 3.05) is 12.4 Å². The number of ether oxygens (including phenoxy) is 1. The molecule has 6 nitrogen and oxygen atoms in total. The number of carboxylic acids is 1. The van der Waals surface area contributed by atoms with Crippen LogP contribution in [0, 0.1) is 0 Å². The Balaban J connectivity index is 2.50. The summed E-state index contributed by atoms with van der Waals surface area (Å²) in [4.78, 5) is 10.9. The van der Waals surface area contributed by atoms with Gasteiger partial charge in [0, 0.05) is 12.1 Å². The van der Waals surface area contributed by atoms with Crippen LogP contribution in [0.1, 0.15) is 13.3 Å². The van der Waals surface area contributed by atoms with Crippen LogP contribution in [-0.2, 0) is 14.6 Å². The summed E-state index contributed by atoms with van der Waals surface area (Å²) in [6.45, 7) is 1.66. The first-order valence-corrected chi connectivity index (χ1v) is 7.31. The van der Waals surface area contributed by atoms with Crippen molar-refractivity contribution in [3.63, 3.8) is 0 Å². The summed E-state index contributed by atoms with van der Waals surface area (Å²) in [5, 5.41) is 10.9. The fourth-order valence-corrected chi connectivity index (χ4v) is 4.20. The standard InChI is InChI=1S/C12H15NO5S/c1-7-11(6-12(14)15)19(16,17)10-4-3-8(18-2)5-9(10)13-7/h3-5,7,11,13H,6H2,1-2H3,(H,14,15).